The molecule has 1 unspecified atom stereocenters. The van der Waals surface area contributed by atoms with Crippen LogP contribution in [0.2, 0.25) is 0 Å². The smallest absolute Gasteiger partial charge is 0.00955 e. The van der Waals surface area contributed by atoms with Gasteiger partial charge in [-0.15, -0.1) is 0 Å². The minimum absolute atomic E-state index is 0.407. The highest BCUT2D eigenvalue weighted by Gasteiger charge is 2.30. The van der Waals surface area contributed by atoms with E-state index in [4.69, 9.17) is 0 Å². The van der Waals surface area contributed by atoms with E-state index in [9.17, 15) is 0 Å². The van der Waals surface area contributed by atoms with Crippen molar-refractivity contribution in [1.29, 1.82) is 0 Å². The molecule has 2 nitrogen and oxygen atoms in total. The molecular weight excluding hydrogens is 256 g/mol. The zero-order valence-corrected chi connectivity index (χ0v) is 15.5. The summed E-state index contributed by atoms with van der Waals surface area (Å²) in [5, 5.41) is 3.67. The Bertz CT molecular complexity index is 269. The van der Waals surface area contributed by atoms with Gasteiger partial charge in [-0.1, -0.05) is 54.4 Å². The molecule has 0 amide bonds. The Morgan fingerprint density at radius 1 is 1.14 bits per heavy atom. The number of nitrogens with zero attached hydrogens (tertiary/aromatic N) is 1. The lowest BCUT2D eigenvalue weighted by molar-refractivity contribution is 0.108. The molecular formula is C19H40N2. The third-order valence-electron chi connectivity index (χ3n) is 5.21. The fourth-order valence-electron chi connectivity index (χ4n) is 3.32. The fourth-order valence-corrected chi connectivity index (χ4v) is 3.32. The average molecular weight is 297 g/mol. The number of hydrogen-bond acceptors (Lipinski definition) is 2. The third kappa shape index (κ3) is 7.15. The van der Waals surface area contributed by atoms with Gasteiger partial charge in [0.1, 0.15) is 0 Å². The number of nitrogens with one attached hydrogen (secondary N) is 1. The molecule has 0 radical (unpaired) electrons. The maximum atomic E-state index is 3.67. The molecule has 0 spiro atoms. The highest BCUT2D eigenvalue weighted by atomic mass is 15.2. The average Bonchev–Trinajstić information content (AvgIpc) is 2.95. The molecule has 0 heterocycles. The molecule has 0 bridgehead atoms. The first-order valence-corrected chi connectivity index (χ1v) is 9.33. The molecule has 0 aromatic heterocycles. The summed E-state index contributed by atoms with van der Waals surface area (Å²) in [7, 11) is 0. The largest absolute Gasteiger partial charge is 0.314 e. The van der Waals surface area contributed by atoms with Gasteiger partial charge < -0.3 is 5.32 Å². The Hall–Kier alpha value is -0.0800. The van der Waals surface area contributed by atoms with Crippen LogP contribution in [0.5, 0.6) is 0 Å². The fraction of sp³-hybridized carbons (Fsp3) is 1.00. The second-order valence-corrected chi connectivity index (χ2v) is 8.29. The highest BCUT2D eigenvalue weighted by molar-refractivity contribution is 4.85. The van der Waals surface area contributed by atoms with Gasteiger partial charge in [0.05, 0.1) is 0 Å². The molecule has 0 saturated heterocycles. The first kappa shape index (κ1) is 19.0. The van der Waals surface area contributed by atoms with Crippen molar-refractivity contribution in [2.75, 3.05) is 19.6 Å². The van der Waals surface area contributed by atoms with Crippen LogP contribution in [-0.2, 0) is 0 Å². The quantitative estimate of drug-likeness (QED) is 0.629. The molecule has 1 N–H and O–H groups in total. The third-order valence-corrected chi connectivity index (χ3v) is 5.21. The Labute approximate surface area is 134 Å². The highest BCUT2D eigenvalue weighted by Crippen LogP contribution is 2.29. The topological polar surface area (TPSA) is 15.3 Å². The van der Waals surface area contributed by atoms with Crippen LogP contribution < -0.4 is 5.32 Å². The van der Waals surface area contributed by atoms with E-state index in [1.54, 1.807) is 0 Å². The number of rotatable bonds is 10. The maximum Gasteiger partial charge on any atom is 0.00955 e. The monoisotopic (exact) mass is 296 g/mol. The van der Waals surface area contributed by atoms with Crippen LogP contribution >= 0.6 is 0 Å². The Balaban J connectivity index is 2.62. The summed E-state index contributed by atoms with van der Waals surface area (Å²) in [6, 6.07) is 1.44. The molecule has 0 aromatic rings. The van der Waals surface area contributed by atoms with Crippen LogP contribution in [-0.4, -0.2) is 36.6 Å². The van der Waals surface area contributed by atoms with Crippen LogP contribution in [0.1, 0.15) is 80.1 Å². The second-order valence-electron chi connectivity index (χ2n) is 8.29. The molecule has 0 aromatic carbocycles. The minimum atomic E-state index is 0.407. The van der Waals surface area contributed by atoms with Crippen molar-refractivity contribution in [3.8, 4) is 0 Å². The summed E-state index contributed by atoms with van der Waals surface area (Å²) < 4.78 is 0. The van der Waals surface area contributed by atoms with Gasteiger partial charge in [-0.2, -0.15) is 0 Å². The van der Waals surface area contributed by atoms with Crippen LogP contribution in [0.25, 0.3) is 0 Å². The molecule has 126 valence electrons. The van der Waals surface area contributed by atoms with Gasteiger partial charge in [-0.25, -0.2) is 0 Å². The number of hydrogen-bond donors (Lipinski definition) is 1. The molecule has 21 heavy (non-hydrogen) atoms. The standard InChI is InChI=1S/C19H40N2/c1-7-19(6,14-20-17(4)5)15-21(13-12-16(2)3)18-10-8-9-11-18/h16-18,20H,7-15H2,1-6H3. The molecule has 1 rings (SSSR count). The zero-order chi connectivity index (χ0) is 15.9. The van der Waals surface area contributed by atoms with Gasteiger partial charge in [-0.3, -0.25) is 4.90 Å². The van der Waals surface area contributed by atoms with Gasteiger partial charge >= 0.3 is 0 Å². The Kier molecular flexibility index (Phi) is 8.26. The molecule has 1 saturated carbocycles. The van der Waals surface area contributed by atoms with E-state index in [-0.39, 0.29) is 0 Å². The predicted molar refractivity (Wildman–Crippen MR) is 94.8 cm³/mol. The van der Waals surface area contributed by atoms with Crippen molar-refractivity contribution in [1.82, 2.24) is 10.2 Å². The van der Waals surface area contributed by atoms with Crippen molar-refractivity contribution in [2.24, 2.45) is 11.3 Å². The lowest BCUT2D eigenvalue weighted by atomic mass is 9.85. The van der Waals surface area contributed by atoms with E-state index in [2.05, 4.69) is 51.8 Å². The normalized spacial score (nSPS) is 19.9. The summed E-state index contributed by atoms with van der Waals surface area (Å²) in [5.41, 5.74) is 0.407. The molecule has 1 aliphatic carbocycles. The predicted octanol–water partition coefficient (Wildman–Crippen LogP) is 4.69. The van der Waals surface area contributed by atoms with Crippen LogP contribution in [0, 0.1) is 11.3 Å². The van der Waals surface area contributed by atoms with Gasteiger partial charge in [-0.05, 0) is 43.6 Å². The van der Waals surface area contributed by atoms with Crippen LogP contribution in [0.3, 0.4) is 0 Å². The summed E-state index contributed by atoms with van der Waals surface area (Å²) in [6.45, 7) is 17.7. The molecule has 1 fully saturated rings. The second kappa shape index (κ2) is 9.15. The molecule has 1 aliphatic rings. The first-order chi connectivity index (χ1) is 9.86. The van der Waals surface area contributed by atoms with Gasteiger partial charge in [0, 0.05) is 25.2 Å². The van der Waals surface area contributed by atoms with Crippen molar-refractivity contribution in [3.63, 3.8) is 0 Å². The van der Waals surface area contributed by atoms with Gasteiger partial charge in [0.15, 0.2) is 0 Å². The Morgan fingerprint density at radius 2 is 1.76 bits per heavy atom. The summed E-state index contributed by atoms with van der Waals surface area (Å²) in [4.78, 5) is 2.83. The molecule has 1 atom stereocenters. The lowest BCUT2D eigenvalue weighted by Gasteiger charge is -2.39. The molecule has 2 heteroatoms. The van der Waals surface area contributed by atoms with E-state index < -0.39 is 0 Å². The zero-order valence-electron chi connectivity index (χ0n) is 15.5. The lowest BCUT2D eigenvalue weighted by Crippen LogP contribution is -2.47. The van der Waals surface area contributed by atoms with E-state index in [1.807, 2.05) is 0 Å². The van der Waals surface area contributed by atoms with E-state index in [1.165, 1.54) is 51.6 Å². The van der Waals surface area contributed by atoms with Crippen molar-refractivity contribution in [3.05, 3.63) is 0 Å². The summed E-state index contributed by atoms with van der Waals surface area (Å²) in [6.07, 6.45) is 8.34. The maximum absolute atomic E-state index is 3.67. The SMILES string of the molecule is CCC(C)(CNC(C)C)CN(CCC(C)C)C1CCCC1. The minimum Gasteiger partial charge on any atom is -0.314 e. The van der Waals surface area contributed by atoms with Crippen molar-refractivity contribution in [2.45, 2.75) is 92.2 Å². The Morgan fingerprint density at radius 3 is 2.24 bits per heavy atom. The van der Waals surface area contributed by atoms with Crippen LogP contribution in [0.4, 0.5) is 0 Å². The van der Waals surface area contributed by atoms with Crippen LogP contribution in [0.15, 0.2) is 0 Å². The van der Waals surface area contributed by atoms with Crippen molar-refractivity contribution >= 4 is 0 Å². The van der Waals surface area contributed by atoms with Gasteiger partial charge in [0.25, 0.3) is 0 Å². The molecule has 0 aliphatic heterocycles. The van der Waals surface area contributed by atoms with E-state index >= 15 is 0 Å². The first-order valence-electron chi connectivity index (χ1n) is 9.33. The van der Waals surface area contributed by atoms with Gasteiger partial charge in [0.2, 0.25) is 0 Å². The summed E-state index contributed by atoms with van der Waals surface area (Å²) in [5.74, 6) is 0.815. The van der Waals surface area contributed by atoms with E-state index in [0.29, 0.717) is 11.5 Å². The summed E-state index contributed by atoms with van der Waals surface area (Å²) >= 11 is 0. The van der Waals surface area contributed by atoms with E-state index in [0.717, 1.165) is 18.5 Å². The van der Waals surface area contributed by atoms with Crippen molar-refractivity contribution < 1.29 is 0 Å².